The molecule has 4 nitrogen and oxygen atoms in total. The van der Waals surface area contributed by atoms with E-state index >= 15 is 0 Å². The van der Waals surface area contributed by atoms with Crippen molar-refractivity contribution in [1.82, 2.24) is 9.97 Å². The van der Waals surface area contributed by atoms with Gasteiger partial charge in [-0.3, -0.25) is 0 Å². The number of aromatic nitrogens is 2. The van der Waals surface area contributed by atoms with E-state index in [1.807, 2.05) is 0 Å². The lowest BCUT2D eigenvalue weighted by atomic mass is 10.0. The van der Waals surface area contributed by atoms with Crippen LogP contribution in [-0.4, -0.2) is 17.1 Å². The standard InChI is InChI=1S/C12H11ClFN3O/c1-18-12-16-5-7(6-17-12)11(15)8-3-2-4-9(13)10(8)14/h2-6,11H,15H2,1H3. The van der Waals surface area contributed by atoms with Gasteiger partial charge in [-0.05, 0) is 6.07 Å². The normalized spacial score (nSPS) is 12.2. The van der Waals surface area contributed by atoms with Crippen LogP contribution in [0.5, 0.6) is 6.01 Å². The predicted molar refractivity (Wildman–Crippen MR) is 66.0 cm³/mol. The van der Waals surface area contributed by atoms with Gasteiger partial charge in [-0.15, -0.1) is 0 Å². The minimum atomic E-state index is -0.672. The highest BCUT2D eigenvalue weighted by Gasteiger charge is 2.16. The Morgan fingerprint density at radius 3 is 2.61 bits per heavy atom. The minimum absolute atomic E-state index is 0.0392. The van der Waals surface area contributed by atoms with Crippen molar-refractivity contribution < 1.29 is 9.13 Å². The van der Waals surface area contributed by atoms with Gasteiger partial charge in [0.2, 0.25) is 0 Å². The highest BCUT2D eigenvalue weighted by Crippen LogP contribution is 2.26. The SMILES string of the molecule is COc1ncc(C(N)c2cccc(Cl)c2F)cn1. The molecule has 1 aromatic heterocycles. The highest BCUT2D eigenvalue weighted by molar-refractivity contribution is 6.30. The fourth-order valence-electron chi connectivity index (χ4n) is 1.53. The summed E-state index contributed by atoms with van der Waals surface area (Å²) in [5.41, 5.74) is 6.84. The number of rotatable bonds is 3. The van der Waals surface area contributed by atoms with Crippen LogP contribution in [0.25, 0.3) is 0 Å². The van der Waals surface area contributed by atoms with Crippen molar-refractivity contribution in [3.05, 3.63) is 52.6 Å². The molecule has 0 spiro atoms. The van der Waals surface area contributed by atoms with E-state index in [2.05, 4.69) is 9.97 Å². The molecule has 2 N–H and O–H groups in total. The molecule has 6 heteroatoms. The van der Waals surface area contributed by atoms with Crippen LogP contribution in [-0.2, 0) is 0 Å². The molecule has 1 atom stereocenters. The number of halogens is 2. The number of nitrogens with zero attached hydrogens (tertiary/aromatic N) is 2. The van der Waals surface area contributed by atoms with Gasteiger partial charge in [0.1, 0.15) is 5.82 Å². The maximum atomic E-state index is 13.8. The molecule has 0 aliphatic carbocycles. The molecule has 1 unspecified atom stereocenters. The van der Waals surface area contributed by atoms with E-state index < -0.39 is 11.9 Å². The number of benzene rings is 1. The fourth-order valence-corrected chi connectivity index (χ4v) is 1.71. The molecule has 1 aromatic carbocycles. The molecule has 0 saturated heterocycles. The van der Waals surface area contributed by atoms with Crippen LogP contribution in [0.15, 0.2) is 30.6 Å². The van der Waals surface area contributed by atoms with Crippen molar-refractivity contribution in [2.24, 2.45) is 5.73 Å². The Morgan fingerprint density at radius 1 is 1.33 bits per heavy atom. The molecule has 1 heterocycles. The third kappa shape index (κ3) is 2.42. The first-order chi connectivity index (χ1) is 8.63. The zero-order valence-electron chi connectivity index (χ0n) is 9.60. The Labute approximate surface area is 109 Å². The molecule has 0 radical (unpaired) electrons. The van der Waals surface area contributed by atoms with Crippen molar-refractivity contribution in [1.29, 1.82) is 0 Å². The van der Waals surface area contributed by atoms with E-state index in [0.29, 0.717) is 11.1 Å². The Kier molecular flexibility index (Phi) is 3.74. The molecule has 94 valence electrons. The summed E-state index contributed by atoms with van der Waals surface area (Å²) >= 11 is 5.71. The topological polar surface area (TPSA) is 61.0 Å². The molecule has 2 aromatic rings. The van der Waals surface area contributed by atoms with Gasteiger partial charge in [-0.1, -0.05) is 23.7 Å². The number of hydrogen-bond donors (Lipinski definition) is 1. The maximum absolute atomic E-state index is 13.8. The molecule has 18 heavy (non-hydrogen) atoms. The number of nitrogens with two attached hydrogens (primary N) is 1. The van der Waals surface area contributed by atoms with E-state index in [9.17, 15) is 4.39 Å². The largest absolute Gasteiger partial charge is 0.467 e. The van der Waals surface area contributed by atoms with Crippen molar-refractivity contribution in [2.75, 3.05) is 7.11 Å². The quantitative estimate of drug-likeness (QED) is 0.927. The Bertz CT molecular complexity index is 548. The maximum Gasteiger partial charge on any atom is 0.316 e. The third-order valence-corrected chi connectivity index (χ3v) is 2.80. The fraction of sp³-hybridized carbons (Fsp3) is 0.167. The van der Waals surface area contributed by atoms with Gasteiger partial charge in [0, 0.05) is 23.5 Å². The van der Waals surface area contributed by atoms with Gasteiger partial charge in [-0.2, -0.15) is 0 Å². The van der Waals surface area contributed by atoms with Crippen LogP contribution < -0.4 is 10.5 Å². The smallest absolute Gasteiger partial charge is 0.316 e. The Morgan fingerprint density at radius 2 is 2.00 bits per heavy atom. The Balaban J connectivity index is 2.35. The van der Waals surface area contributed by atoms with E-state index in [1.54, 1.807) is 12.1 Å². The second kappa shape index (κ2) is 5.29. The van der Waals surface area contributed by atoms with Crippen LogP contribution in [0.4, 0.5) is 4.39 Å². The first kappa shape index (κ1) is 12.7. The molecular formula is C12H11ClFN3O. The van der Waals surface area contributed by atoms with Crippen LogP contribution in [0.2, 0.25) is 5.02 Å². The second-order valence-electron chi connectivity index (χ2n) is 3.62. The average molecular weight is 268 g/mol. The van der Waals surface area contributed by atoms with Crippen molar-refractivity contribution in [3.63, 3.8) is 0 Å². The molecule has 2 rings (SSSR count). The van der Waals surface area contributed by atoms with Gasteiger partial charge in [0.25, 0.3) is 0 Å². The Hall–Kier alpha value is -1.72. The third-order valence-electron chi connectivity index (χ3n) is 2.51. The lowest BCUT2D eigenvalue weighted by Crippen LogP contribution is -2.14. The number of hydrogen-bond acceptors (Lipinski definition) is 4. The average Bonchev–Trinajstić information content (AvgIpc) is 2.41. The van der Waals surface area contributed by atoms with Gasteiger partial charge >= 0.3 is 6.01 Å². The van der Waals surface area contributed by atoms with Gasteiger partial charge < -0.3 is 10.5 Å². The van der Waals surface area contributed by atoms with E-state index in [4.69, 9.17) is 22.1 Å². The van der Waals surface area contributed by atoms with Crippen molar-refractivity contribution >= 4 is 11.6 Å². The summed E-state index contributed by atoms with van der Waals surface area (Å²) in [5, 5.41) is 0.0392. The van der Waals surface area contributed by atoms with Gasteiger partial charge in [0.15, 0.2) is 0 Å². The molecule has 0 bridgehead atoms. The molecule has 0 amide bonds. The number of methoxy groups -OCH3 is 1. The second-order valence-corrected chi connectivity index (χ2v) is 4.03. The van der Waals surface area contributed by atoms with Gasteiger partial charge in [0.05, 0.1) is 18.2 Å². The van der Waals surface area contributed by atoms with Crippen molar-refractivity contribution in [2.45, 2.75) is 6.04 Å². The first-order valence-electron chi connectivity index (χ1n) is 5.19. The zero-order valence-corrected chi connectivity index (χ0v) is 10.4. The lowest BCUT2D eigenvalue weighted by molar-refractivity contribution is 0.379. The zero-order chi connectivity index (χ0) is 13.1. The summed E-state index contributed by atoms with van der Waals surface area (Å²) in [6.45, 7) is 0. The highest BCUT2D eigenvalue weighted by atomic mass is 35.5. The van der Waals surface area contributed by atoms with Gasteiger partial charge in [-0.25, -0.2) is 14.4 Å². The molecule has 0 aliphatic heterocycles. The summed E-state index contributed by atoms with van der Waals surface area (Å²) in [7, 11) is 1.46. The van der Waals surface area contributed by atoms with Crippen LogP contribution >= 0.6 is 11.6 Å². The number of ether oxygens (including phenoxy) is 1. The van der Waals surface area contributed by atoms with E-state index in [0.717, 1.165) is 0 Å². The molecule has 0 saturated carbocycles. The molecule has 0 fully saturated rings. The first-order valence-corrected chi connectivity index (χ1v) is 5.56. The summed E-state index contributed by atoms with van der Waals surface area (Å²) < 4.78 is 18.6. The van der Waals surface area contributed by atoms with E-state index in [-0.39, 0.29) is 11.0 Å². The van der Waals surface area contributed by atoms with Crippen molar-refractivity contribution in [3.8, 4) is 6.01 Å². The summed E-state index contributed by atoms with van der Waals surface area (Å²) in [6, 6.07) is 4.26. The summed E-state index contributed by atoms with van der Waals surface area (Å²) in [5.74, 6) is -0.525. The van der Waals surface area contributed by atoms with E-state index in [1.165, 1.54) is 25.6 Å². The molecule has 0 aliphatic rings. The van der Waals surface area contributed by atoms with Crippen LogP contribution in [0, 0.1) is 5.82 Å². The van der Waals surface area contributed by atoms with Crippen LogP contribution in [0.1, 0.15) is 17.2 Å². The minimum Gasteiger partial charge on any atom is -0.467 e. The predicted octanol–water partition coefficient (Wildman–Crippen LogP) is 2.33. The summed E-state index contributed by atoms with van der Waals surface area (Å²) in [4.78, 5) is 7.85. The molecular weight excluding hydrogens is 257 g/mol. The van der Waals surface area contributed by atoms with Crippen LogP contribution in [0.3, 0.4) is 0 Å². The summed E-state index contributed by atoms with van der Waals surface area (Å²) in [6.07, 6.45) is 2.99. The lowest BCUT2D eigenvalue weighted by Gasteiger charge is -2.13. The monoisotopic (exact) mass is 267 g/mol.